The average Bonchev–Trinajstić information content (AvgIpc) is 3.06. The molecule has 24 heavy (non-hydrogen) atoms. The van der Waals surface area contributed by atoms with E-state index in [0.29, 0.717) is 0 Å². The van der Waals surface area contributed by atoms with Gasteiger partial charge in [0, 0.05) is 23.5 Å². The van der Waals surface area contributed by atoms with Gasteiger partial charge >= 0.3 is 0 Å². The molecule has 0 aliphatic carbocycles. The van der Waals surface area contributed by atoms with Crippen molar-refractivity contribution in [3.05, 3.63) is 82.6 Å². The Hall–Kier alpha value is -2.65. The minimum absolute atomic E-state index is 0.740. The van der Waals surface area contributed by atoms with Crippen molar-refractivity contribution in [1.82, 2.24) is 9.97 Å². The Morgan fingerprint density at radius 3 is 2.67 bits per heavy atom. The highest BCUT2D eigenvalue weighted by atomic mass is 35.5. The van der Waals surface area contributed by atoms with E-state index in [1.165, 1.54) is 11.3 Å². The first-order chi connectivity index (χ1) is 11.8. The summed E-state index contributed by atoms with van der Waals surface area (Å²) >= 11 is 5.91. The van der Waals surface area contributed by atoms with Gasteiger partial charge in [0.15, 0.2) is 0 Å². The summed E-state index contributed by atoms with van der Waals surface area (Å²) in [4.78, 5) is 11.3. The van der Waals surface area contributed by atoms with Gasteiger partial charge in [-0.15, -0.1) is 0 Å². The third-order valence-electron chi connectivity index (χ3n) is 4.11. The van der Waals surface area contributed by atoms with E-state index in [1.807, 2.05) is 48.7 Å². The van der Waals surface area contributed by atoms with Crippen LogP contribution in [0.4, 0.5) is 11.6 Å². The van der Waals surface area contributed by atoms with Gasteiger partial charge in [-0.3, -0.25) is 0 Å². The molecular formula is C20H16ClN3. The minimum atomic E-state index is 0.740. The van der Waals surface area contributed by atoms with Gasteiger partial charge in [0.05, 0.1) is 5.69 Å². The zero-order valence-electron chi connectivity index (χ0n) is 13.1. The summed E-state index contributed by atoms with van der Waals surface area (Å²) in [5.41, 5.74) is 4.53. The van der Waals surface area contributed by atoms with E-state index in [4.69, 9.17) is 11.6 Å². The predicted molar refractivity (Wildman–Crippen MR) is 99.6 cm³/mol. The van der Waals surface area contributed by atoms with Crippen LogP contribution in [0, 0.1) is 0 Å². The molecule has 4 rings (SSSR count). The largest absolute Gasteiger partial charge is 0.310 e. The molecular weight excluding hydrogens is 318 g/mol. The zero-order chi connectivity index (χ0) is 16.4. The SMILES string of the molecule is Clc1ccc(/C=C/c2ccnc(N3CCc4ccccc43)n2)cc1. The number of rotatable bonds is 3. The van der Waals surface area contributed by atoms with Gasteiger partial charge in [0.2, 0.25) is 5.95 Å². The van der Waals surface area contributed by atoms with Crippen molar-refractivity contribution in [2.45, 2.75) is 6.42 Å². The van der Waals surface area contributed by atoms with E-state index in [1.54, 1.807) is 0 Å². The summed E-state index contributed by atoms with van der Waals surface area (Å²) in [6.07, 6.45) is 6.87. The second-order valence-electron chi connectivity index (χ2n) is 5.70. The molecule has 4 heteroatoms. The highest BCUT2D eigenvalue weighted by molar-refractivity contribution is 6.30. The molecule has 0 saturated carbocycles. The van der Waals surface area contributed by atoms with Crippen LogP contribution >= 0.6 is 11.6 Å². The van der Waals surface area contributed by atoms with Crippen molar-refractivity contribution in [3.8, 4) is 0 Å². The monoisotopic (exact) mass is 333 g/mol. The van der Waals surface area contributed by atoms with Crippen LogP contribution in [0.15, 0.2) is 60.8 Å². The lowest BCUT2D eigenvalue weighted by molar-refractivity contribution is 0.937. The number of halogens is 1. The molecule has 0 saturated heterocycles. The first-order valence-corrected chi connectivity index (χ1v) is 8.29. The van der Waals surface area contributed by atoms with E-state index >= 15 is 0 Å². The number of para-hydroxylation sites is 1. The highest BCUT2D eigenvalue weighted by Crippen LogP contribution is 2.32. The number of hydrogen-bond donors (Lipinski definition) is 0. The standard InChI is InChI=1S/C20H16ClN3/c21-17-8-5-15(6-9-17)7-10-18-11-13-22-20(23-18)24-14-12-16-3-1-2-4-19(16)24/h1-11,13H,12,14H2/b10-7+. The molecule has 0 spiro atoms. The lowest BCUT2D eigenvalue weighted by atomic mass is 10.2. The van der Waals surface area contributed by atoms with Crippen molar-refractivity contribution >= 4 is 35.4 Å². The van der Waals surface area contributed by atoms with E-state index in [0.717, 1.165) is 35.2 Å². The van der Waals surface area contributed by atoms with Crippen LogP contribution in [-0.2, 0) is 6.42 Å². The van der Waals surface area contributed by atoms with Crippen LogP contribution < -0.4 is 4.90 Å². The summed E-state index contributed by atoms with van der Waals surface area (Å²) in [6.45, 7) is 0.920. The van der Waals surface area contributed by atoms with Crippen LogP contribution in [0.3, 0.4) is 0 Å². The fourth-order valence-electron chi connectivity index (χ4n) is 2.89. The first-order valence-electron chi connectivity index (χ1n) is 7.92. The fraction of sp³-hybridized carbons (Fsp3) is 0.100. The molecule has 0 atom stereocenters. The van der Waals surface area contributed by atoms with Gasteiger partial charge in [0.1, 0.15) is 0 Å². The Morgan fingerprint density at radius 2 is 1.79 bits per heavy atom. The van der Waals surface area contributed by atoms with Crippen LogP contribution in [0.1, 0.15) is 16.8 Å². The van der Waals surface area contributed by atoms with Crippen LogP contribution in [0.25, 0.3) is 12.2 Å². The summed E-state index contributed by atoms with van der Waals surface area (Å²) in [6, 6.07) is 18.1. The second-order valence-corrected chi connectivity index (χ2v) is 6.13. The summed E-state index contributed by atoms with van der Waals surface area (Å²) in [5, 5.41) is 0.740. The lowest BCUT2D eigenvalue weighted by Gasteiger charge is -2.17. The number of aromatic nitrogens is 2. The number of hydrogen-bond acceptors (Lipinski definition) is 3. The molecule has 1 aromatic heterocycles. The normalized spacial score (nSPS) is 13.5. The van der Waals surface area contributed by atoms with Crippen LogP contribution in [-0.4, -0.2) is 16.5 Å². The summed E-state index contributed by atoms with van der Waals surface area (Å²) < 4.78 is 0. The Kier molecular flexibility index (Phi) is 4.01. The molecule has 0 bridgehead atoms. The smallest absolute Gasteiger partial charge is 0.230 e. The Labute approximate surface area is 146 Å². The molecule has 118 valence electrons. The third kappa shape index (κ3) is 3.03. The molecule has 1 aliphatic heterocycles. The average molecular weight is 334 g/mol. The van der Waals surface area contributed by atoms with Crippen molar-refractivity contribution in [2.75, 3.05) is 11.4 Å². The Balaban J connectivity index is 1.59. The Bertz CT molecular complexity index is 887. The highest BCUT2D eigenvalue weighted by Gasteiger charge is 2.21. The van der Waals surface area contributed by atoms with Crippen molar-refractivity contribution in [1.29, 1.82) is 0 Å². The second kappa shape index (κ2) is 6.46. The van der Waals surface area contributed by atoms with Gasteiger partial charge in [-0.05, 0) is 47.9 Å². The molecule has 2 heterocycles. The van der Waals surface area contributed by atoms with E-state index in [-0.39, 0.29) is 0 Å². The van der Waals surface area contributed by atoms with Crippen molar-refractivity contribution in [3.63, 3.8) is 0 Å². The van der Waals surface area contributed by atoms with Gasteiger partial charge in [0.25, 0.3) is 0 Å². The zero-order valence-corrected chi connectivity index (χ0v) is 13.8. The predicted octanol–water partition coefficient (Wildman–Crippen LogP) is 4.99. The van der Waals surface area contributed by atoms with Crippen LogP contribution in [0.5, 0.6) is 0 Å². The molecule has 0 fully saturated rings. The van der Waals surface area contributed by atoms with Gasteiger partial charge < -0.3 is 4.90 Å². The van der Waals surface area contributed by atoms with Crippen LogP contribution in [0.2, 0.25) is 5.02 Å². The summed E-state index contributed by atoms with van der Waals surface area (Å²) in [5.74, 6) is 0.748. The first kappa shape index (κ1) is 14.9. The number of fused-ring (bicyclic) bond motifs is 1. The van der Waals surface area contributed by atoms with Gasteiger partial charge in [-0.25, -0.2) is 9.97 Å². The van der Waals surface area contributed by atoms with E-state index < -0.39 is 0 Å². The molecule has 0 unspecified atom stereocenters. The lowest BCUT2D eigenvalue weighted by Crippen LogP contribution is -2.16. The van der Waals surface area contributed by atoms with E-state index in [9.17, 15) is 0 Å². The third-order valence-corrected chi connectivity index (χ3v) is 4.36. The maximum absolute atomic E-state index is 5.91. The number of anilines is 2. The molecule has 3 nitrogen and oxygen atoms in total. The topological polar surface area (TPSA) is 29.0 Å². The number of nitrogens with zero attached hydrogens (tertiary/aromatic N) is 3. The quantitative estimate of drug-likeness (QED) is 0.675. The maximum Gasteiger partial charge on any atom is 0.230 e. The summed E-state index contributed by atoms with van der Waals surface area (Å²) in [7, 11) is 0. The fourth-order valence-corrected chi connectivity index (χ4v) is 3.01. The number of benzene rings is 2. The maximum atomic E-state index is 5.91. The van der Waals surface area contributed by atoms with Gasteiger partial charge in [-0.2, -0.15) is 0 Å². The molecule has 0 N–H and O–H groups in total. The van der Waals surface area contributed by atoms with Crippen molar-refractivity contribution < 1.29 is 0 Å². The molecule has 0 radical (unpaired) electrons. The van der Waals surface area contributed by atoms with Crippen molar-refractivity contribution in [2.24, 2.45) is 0 Å². The molecule has 3 aromatic rings. The molecule has 1 aliphatic rings. The molecule has 2 aromatic carbocycles. The minimum Gasteiger partial charge on any atom is -0.310 e. The molecule has 0 amide bonds. The Morgan fingerprint density at radius 1 is 0.958 bits per heavy atom. The van der Waals surface area contributed by atoms with Gasteiger partial charge in [-0.1, -0.05) is 48.0 Å². The van der Waals surface area contributed by atoms with E-state index in [2.05, 4.69) is 39.1 Å².